The summed E-state index contributed by atoms with van der Waals surface area (Å²) in [5, 5.41) is -0.0529. The van der Waals surface area contributed by atoms with Gasteiger partial charge in [-0.2, -0.15) is 0 Å². The second kappa shape index (κ2) is 14.2. The van der Waals surface area contributed by atoms with Gasteiger partial charge in [0.05, 0.1) is 36.6 Å². The van der Waals surface area contributed by atoms with Crippen LogP contribution in [0.15, 0.2) is 59.5 Å². The van der Waals surface area contributed by atoms with Crippen molar-refractivity contribution in [1.82, 2.24) is 4.72 Å². The number of rotatable bonds is 12. The van der Waals surface area contributed by atoms with Crippen molar-refractivity contribution in [3.05, 3.63) is 64.6 Å². The maximum atomic E-state index is 13.2. The molecule has 0 aromatic heterocycles. The van der Waals surface area contributed by atoms with Crippen LogP contribution >= 0.6 is 23.2 Å². The molecule has 0 heterocycles. The van der Waals surface area contributed by atoms with E-state index in [4.69, 9.17) is 46.9 Å². The lowest BCUT2D eigenvalue weighted by molar-refractivity contribution is -0.141. The molecule has 1 fully saturated rings. The highest BCUT2D eigenvalue weighted by atomic mass is 35.5. The number of methoxy groups -OCH3 is 2. The average Bonchev–Trinajstić information content (AvgIpc) is 2.96. The third-order valence-corrected chi connectivity index (χ3v) is 8.55. The van der Waals surface area contributed by atoms with Gasteiger partial charge in [0, 0.05) is 12.1 Å². The van der Waals surface area contributed by atoms with Gasteiger partial charge < -0.3 is 23.7 Å². The first-order valence-electron chi connectivity index (χ1n) is 13.2. The molecule has 4 rings (SSSR count). The van der Waals surface area contributed by atoms with Crippen molar-refractivity contribution in [3.63, 3.8) is 0 Å². The fraction of sp³-hybridized carbons (Fsp3) is 0.310. The Hall–Kier alpha value is -3.71. The molecule has 1 aliphatic rings. The minimum absolute atomic E-state index is 0.00726. The molecule has 1 N–H and O–H groups in total. The smallest absolute Gasteiger partial charge is 0.420 e. The number of halogens is 2. The van der Waals surface area contributed by atoms with Crippen LogP contribution in [0.4, 0.5) is 10.5 Å². The molecule has 0 radical (unpaired) electrons. The van der Waals surface area contributed by atoms with Crippen molar-refractivity contribution in [3.8, 4) is 28.7 Å². The highest BCUT2D eigenvalue weighted by Gasteiger charge is 2.28. The lowest BCUT2D eigenvalue weighted by Gasteiger charge is -2.26. The standard InChI is InChI=1S/C29H30Cl2N2O9S/c1-4-40-27(34)17-33(29(35)42-21-10-8-20(38-2)9-11-21)19-14-23(30)28(24(31)15-19)41-22-12-13-25(39-3)26(16-22)43(36,37)32-18-6-5-7-18/h8-16,18,32H,4-7,17H2,1-3H3. The summed E-state index contributed by atoms with van der Waals surface area (Å²) in [6.07, 6.45) is 1.58. The van der Waals surface area contributed by atoms with Crippen molar-refractivity contribution in [1.29, 1.82) is 0 Å². The summed E-state index contributed by atoms with van der Waals surface area (Å²) >= 11 is 13.1. The molecule has 3 aromatic rings. The number of hydrogen-bond acceptors (Lipinski definition) is 9. The van der Waals surface area contributed by atoms with Crippen molar-refractivity contribution < 1.29 is 41.7 Å². The van der Waals surface area contributed by atoms with E-state index in [0.29, 0.717) is 5.75 Å². The summed E-state index contributed by atoms with van der Waals surface area (Å²) in [7, 11) is -1.03. The Kier molecular flexibility index (Phi) is 10.6. The Morgan fingerprint density at radius 3 is 2.12 bits per heavy atom. The van der Waals surface area contributed by atoms with Crippen molar-refractivity contribution in [2.24, 2.45) is 0 Å². The molecule has 1 amide bonds. The van der Waals surface area contributed by atoms with Gasteiger partial charge in [0.1, 0.15) is 34.4 Å². The Labute approximate surface area is 259 Å². The zero-order valence-corrected chi connectivity index (χ0v) is 25.9. The number of hydrogen-bond donors (Lipinski definition) is 1. The maximum Gasteiger partial charge on any atom is 0.420 e. The Morgan fingerprint density at radius 2 is 1.56 bits per heavy atom. The van der Waals surface area contributed by atoms with E-state index >= 15 is 0 Å². The summed E-state index contributed by atoms with van der Waals surface area (Å²) in [5.41, 5.74) is 0.122. The fourth-order valence-corrected chi connectivity index (χ4v) is 6.10. The van der Waals surface area contributed by atoms with E-state index < -0.39 is 28.6 Å². The van der Waals surface area contributed by atoms with Gasteiger partial charge in [0.2, 0.25) is 10.0 Å². The summed E-state index contributed by atoms with van der Waals surface area (Å²) < 4.78 is 55.5. The second-order valence-electron chi connectivity index (χ2n) is 9.34. The lowest BCUT2D eigenvalue weighted by atomic mass is 9.94. The highest BCUT2D eigenvalue weighted by molar-refractivity contribution is 7.89. The minimum atomic E-state index is -3.90. The van der Waals surface area contributed by atoms with Crippen LogP contribution < -0.4 is 28.6 Å². The van der Waals surface area contributed by atoms with Crippen LogP contribution in [-0.2, 0) is 19.6 Å². The molecule has 43 heavy (non-hydrogen) atoms. The molecule has 0 atom stereocenters. The molecular weight excluding hydrogens is 623 g/mol. The number of esters is 1. The van der Waals surface area contributed by atoms with Gasteiger partial charge in [-0.1, -0.05) is 29.6 Å². The van der Waals surface area contributed by atoms with E-state index in [9.17, 15) is 18.0 Å². The zero-order valence-electron chi connectivity index (χ0n) is 23.6. The van der Waals surface area contributed by atoms with E-state index in [2.05, 4.69) is 4.72 Å². The summed E-state index contributed by atoms with van der Waals surface area (Å²) in [6.45, 7) is 1.24. The number of anilines is 1. The van der Waals surface area contributed by atoms with Crippen LogP contribution in [0.2, 0.25) is 10.0 Å². The molecule has 0 bridgehead atoms. The monoisotopic (exact) mass is 652 g/mol. The van der Waals surface area contributed by atoms with Gasteiger partial charge in [-0.05, 0) is 68.3 Å². The SMILES string of the molecule is CCOC(=O)CN(C(=O)Oc1ccc(OC)cc1)c1cc(Cl)c(Oc2ccc(OC)c(S(=O)(=O)NC3CCC3)c2)c(Cl)c1. The summed E-state index contributed by atoms with van der Waals surface area (Å²) in [5.74, 6) is 0.323. The first kappa shape index (κ1) is 32.2. The van der Waals surface area contributed by atoms with Crippen LogP contribution in [0, 0.1) is 0 Å². The number of carbonyl (C=O) groups excluding carboxylic acids is 2. The molecular formula is C29H30Cl2N2O9S. The number of nitrogens with one attached hydrogen (secondary N) is 1. The van der Waals surface area contributed by atoms with Crippen molar-refractivity contribution in [2.45, 2.75) is 37.1 Å². The third kappa shape index (κ3) is 8.02. The zero-order chi connectivity index (χ0) is 31.1. The van der Waals surface area contributed by atoms with E-state index in [0.717, 1.165) is 24.2 Å². The maximum absolute atomic E-state index is 13.2. The molecule has 3 aromatic carbocycles. The third-order valence-electron chi connectivity index (χ3n) is 6.44. The topological polar surface area (TPSA) is 130 Å². The lowest BCUT2D eigenvalue weighted by Crippen LogP contribution is -2.39. The number of benzene rings is 3. The van der Waals surface area contributed by atoms with Crippen LogP contribution in [0.1, 0.15) is 26.2 Å². The molecule has 1 aliphatic carbocycles. The fourth-order valence-electron chi connectivity index (χ4n) is 4.05. The summed E-state index contributed by atoms with van der Waals surface area (Å²) in [4.78, 5) is 26.4. The number of nitrogens with zero attached hydrogens (tertiary/aromatic N) is 1. The highest BCUT2D eigenvalue weighted by Crippen LogP contribution is 2.41. The Morgan fingerprint density at radius 1 is 0.930 bits per heavy atom. The van der Waals surface area contributed by atoms with Gasteiger partial charge in [-0.3, -0.25) is 9.69 Å². The number of ether oxygens (including phenoxy) is 5. The largest absolute Gasteiger partial charge is 0.497 e. The molecule has 230 valence electrons. The predicted octanol–water partition coefficient (Wildman–Crippen LogP) is 6.20. The average molecular weight is 654 g/mol. The van der Waals surface area contributed by atoms with Crippen LogP contribution in [-0.4, -0.2) is 53.9 Å². The van der Waals surface area contributed by atoms with Crippen LogP contribution in [0.25, 0.3) is 0 Å². The van der Waals surface area contributed by atoms with Crippen LogP contribution in [0.5, 0.6) is 28.7 Å². The Balaban J connectivity index is 1.61. The summed E-state index contributed by atoms with van der Waals surface area (Å²) in [6, 6.07) is 13.1. The number of sulfonamides is 1. The molecule has 0 aliphatic heterocycles. The molecule has 0 spiro atoms. The van der Waals surface area contributed by atoms with Crippen molar-refractivity contribution in [2.75, 3.05) is 32.3 Å². The van der Waals surface area contributed by atoms with Gasteiger partial charge in [0.15, 0.2) is 5.75 Å². The minimum Gasteiger partial charge on any atom is -0.497 e. The van der Waals surface area contributed by atoms with Crippen LogP contribution in [0.3, 0.4) is 0 Å². The molecule has 0 saturated heterocycles. The predicted molar refractivity (Wildman–Crippen MR) is 160 cm³/mol. The Bertz CT molecular complexity index is 1560. The quantitative estimate of drug-likeness (QED) is 0.227. The second-order valence-corrected chi connectivity index (χ2v) is 11.8. The first-order chi connectivity index (χ1) is 20.5. The van der Waals surface area contributed by atoms with E-state index in [1.54, 1.807) is 19.1 Å². The first-order valence-corrected chi connectivity index (χ1v) is 15.4. The molecule has 14 heteroatoms. The van der Waals surface area contributed by atoms with Crippen molar-refractivity contribution >= 4 is 51.0 Å². The van der Waals surface area contributed by atoms with E-state index in [1.807, 2.05) is 0 Å². The van der Waals surface area contributed by atoms with Gasteiger partial charge >= 0.3 is 12.1 Å². The van der Waals surface area contributed by atoms with E-state index in [1.165, 1.54) is 56.7 Å². The molecule has 1 saturated carbocycles. The normalized spacial score (nSPS) is 13.0. The molecule has 0 unspecified atom stereocenters. The number of amides is 1. The van der Waals surface area contributed by atoms with E-state index in [-0.39, 0.29) is 56.3 Å². The van der Waals surface area contributed by atoms with Gasteiger partial charge in [-0.15, -0.1) is 0 Å². The van der Waals surface area contributed by atoms with Gasteiger partial charge in [-0.25, -0.2) is 17.9 Å². The molecule has 11 nitrogen and oxygen atoms in total. The number of carbonyl (C=O) groups is 2. The van der Waals surface area contributed by atoms with Gasteiger partial charge in [0.25, 0.3) is 0 Å².